The summed E-state index contributed by atoms with van der Waals surface area (Å²) >= 11 is 5.91. The Balaban J connectivity index is 1.85. The van der Waals surface area contributed by atoms with Crippen LogP contribution < -0.4 is 0 Å². The van der Waals surface area contributed by atoms with Gasteiger partial charge in [-0.25, -0.2) is 4.39 Å². The van der Waals surface area contributed by atoms with Crippen LogP contribution in [-0.2, 0) is 19.6 Å². The van der Waals surface area contributed by atoms with Crippen molar-refractivity contribution in [1.82, 2.24) is 4.90 Å². The quantitative estimate of drug-likeness (QED) is 0.790. The van der Waals surface area contributed by atoms with Gasteiger partial charge in [-0.15, -0.1) is 0 Å². The molecule has 98 valence electrons. The molecule has 0 N–H and O–H groups in total. The highest BCUT2D eigenvalue weighted by molar-refractivity contribution is 6.30. The highest BCUT2D eigenvalue weighted by atomic mass is 35.5. The molecule has 1 heterocycles. The third-order valence-corrected chi connectivity index (χ3v) is 3.95. The van der Waals surface area contributed by atoms with Crippen molar-refractivity contribution in [2.24, 2.45) is 0 Å². The van der Waals surface area contributed by atoms with Gasteiger partial charge in [-0.3, -0.25) is 4.90 Å². The van der Waals surface area contributed by atoms with Crippen molar-refractivity contribution in [2.75, 3.05) is 0 Å². The maximum atomic E-state index is 14.0. The summed E-state index contributed by atoms with van der Waals surface area (Å²) in [6, 6.07) is 12.0. The van der Waals surface area contributed by atoms with Crippen LogP contribution in [0, 0.1) is 12.7 Å². The van der Waals surface area contributed by atoms with E-state index in [1.54, 1.807) is 6.07 Å². The molecule has 1 aliphatic rings. The van der Waals surface area contributed by atoms with Crippen LogP contribution in [-0.4, -0.2) is 4.90 Å². The molecule has 0 aliphatic carbocycles. The van der Waals surface area contributed by atoms with Crippen molar-refractivity contribution in [1.29, 1.82) is 0 Å². The van der Waals surface area contributed by atoms with Crippen molar-refractivity contribution >= 4 is 11.6 Å². The molecular weight excluding hydrogens is 261 g/mol. The van der Waals surface area contributed by atoms with Crippen LogP contribution >= 0.6 is 11.6 Å². The minimum Gasteiger partial charge on any atom is -0.290 e. The predicted octanol–water partition coefficient (Wildman–Crippen LogP) is 4.30. The van der Waals surface area contributed by atoms with Crippen molar-refractivity contribution in [2.45, 2.75) is 26.6 Å². The molecule has 0 atom stereocenters. The molecule has 0 fully saturated rings. The van der Waals surface area contributed by atoms with Crippen LogP contribution in [0.15, 0.2) is 36.4 Å². The molecule has 0 saturated carbocycles. The molecule has 1 aliphatic heterocycles. The second kappa shape index (κ2) is 4.95. The monoisotopic (exact) mass is 275 g/mol. The second-order valence-electron chi connectivity index (χ2n) is 5.08. The van der Waals surface area contributed by atoms with Crippen LogP contribution in [0.3, 0.4) is 0 Å². The average molecular weight is 276 g/mol. The Morgan fingerprint density at radius 3 is 2.58 bits per heavy atom. The van der Waals surface area contributed by atoms with Crippen molar-refractivity contribution in [3.05, 3.63) is 69.5 Å². The minimum absolute atomic E-state index is 0.234. The first-order valence-corrected chi connectivity index (χ1v) is 6.75. The molecule has 2 aromatic rings. The molecular formula is C16H15ClFN. The van der Waals surface area contributed by atoms with Crippen LogP contribution in [0.2, 0.25) is 5.02 Å². The van der Waals surface area contributed by atoms with Gasteiger partial charge in [-0.1, -0.05) is 41.9 Å². The summed E-state index contributed by atoms with van der Waals surface area (Å²) in [5.41, 5.74) is 4.19. The third-order valence-electron chi connectivity index (χ3n) is 3.67. The fourth-order valence-electron chi connectivity index (χ4n) is 2.70. The van der Waals surface area contributed by atoms with Gasteiger partial charge in [0.05, 0.1) is 5.02 Å². The normalized spacial score (nSPS) is 14.7. The van der Waals surface area contributed by atoms with Crippen LogP contribution in [0.25, 0.3) is 0 Å². The zero-order chi connectivity index (χ0) is 13.4. The van der Waals surface area contributed by atoms with Gasteiger partial charge in [0, 0.05) is 25.2 Å². The minimum atomic E-state index is -0.252. The summed E-state index contributed by atoms with van der Waals surface area (Å²) in [6.07, 6.45) is 0. The number of rotatable bonds is 2. The van der Waals surface area contributed by atoms with Gasteiger partial charge in [0.25, 0.3) is 0 Å². The van der Waals surface area contributed by atoms with E-state index < -0.39 is 0 Å². The highest BCUT2D eigenvalue weighted by Gasteiger charge is 2.25. The van der Waals surface area contributed by atoms with E-state index in [2.05, 4.69) is 17.0 Å². The summed E-state index contributed by atoms with van der Waals surface area (Å²) in [4.78, 5) is 2.24. The first-order chi connectivity index (χ1) is 9.15. The van der Waals surface area contributed by atoms with Gasteiger partial charge in [0.1, 0.15) is 5.82 Å². The van der Waals surface area contributed by atoms with E-state index in [1.165, 1.54) is 5.56 Å². The topological polar surface area (TPSA) is 3.24 Å². The van der Waals surface area contributed by atoms with Gasteiger partial charge in [0.2, 0.25) is 0 Å². The van der Waals surface area contributed by atoms with Crippen molar-refractivity contribution < 1.29 is 4.39 Å². The Morgan fingerprint density at radius 1 is 1.16 bits per heavy atom. The molecule has 0 unspecified atom stereocenters. The van der Waals surface area contributed by atoms with E-state index in [-0.39, 0.29) is 10.8 Å². The summed E-state index contributed by atoms with van der Waals surface area (Å²) in [5.74, 6) is -0.252. The lowest BCUT2D eigenvalue weighted by Crippen LogP contribution is -2.15. The summed E-state index contributed by atoms with van der Waals surface area (Å²) in [5, 5.41) is 0.234. The lowest BCUT2D eigenvalue weighted by atomic mass is 10.0. The zero-order valence-electron chi connectivity index (χ0n) is 10.8. The molecule has 2 aromatic carbocycles. The summed E-state index contributed by atoms with van der Waals surface area (Å²) in [7, 11) is 0. The lowest BCUT2D eigenvalue weighted by Gasteiger charge is -2.14. The van der Waals surface area contributed by atoms with Gasteiger partial charge >= 0.3 is 0 Å². The Kier molecular flexibility index (Phi) is 3.29. The first kappa shape index (κ1) is 12.6. The Hall–Kier alpha value is -1.38. The number of benzene rings is 2. The predicted molar refractivity (Wildman–Crippen MR) is 75.5 cm³/mol. The molecule has 3 rings (SSSR count). The molecule has 1 nitrogen and oxygen atoms in total. The number of aryl methyl sites for hydroxylation is 1. The lowest BCUT2D eigenvalue weighted by molar-refractivity contribution is 0.273. The number of halogens is 2. The van der Waals surface area contributed by atoms with Gasteiger partial charge in [0.15, 0.2) is 0 Å². The molecule has 0 amide bonds. The highest BCUT2D eigenvalue weighted by Crippen LogP contribution is 2.32. The number of nitrogens with zero attached hydrogens (tertiary/aromatic N) is 1. The largest absolute Gasteiger partial charge is 0.290 e. The third kappa shape index (κ3) is 2.38. The molecule has 0 saturated heterocycles. The van der Waals surface area contributed by atoms with E-state index in [0.29, 0.717) is 6.54 Å². The molecule has 0 bridgehead atoms. The fraction of sp³-hybridized carbons (Fsp3) is 0.250. The van der Waals surface area contributed by atoms with E-state index in [9.17, 15) is 4.39 Å². The van der Waals surface area contributed by atoms with Crippen molar-refractivity contribution in [3.63, 3.8) is 0 Å². The van der Waals surface area contributed by atoms with E-state index in [0.717, 1.165) is 29.8 Å². The summed E-state index contributed by atoms with van der Waals surface area (Å²) < 4.78 is 14.0. The van der Waals surface area contributed by atoms with Gasteiger partial charge in [-0.05, 0) is 29.7 Å². The molecule has 0 aromatic heterocycles. The average Bonchev–Trinajstić information content (AvgIpc) is 2.82. The molecule has 3 heteroatoms. The Labute approximate surface area is 117 Å². The molecule has 0 spiro atoms. The summed E-state index contributed by atoms with van der Waals surface area (Å²) in [6.45, 7) is 4.27. The standard InChI is InChI=1S/C16H15ClFN/c1-11-7-15(17)16(18)14-10-19(9-13(11)14)8-12-5-3-2-4-6-12/h2-7H,8-10H2,1H3. The second-order valence-corrected chi connectivity index (χ2v) is 5.48. The van der Waals surface area contributed by atoms with Crippen LogP contribution in [0.5, 0.6) is 0 Å². The van der Waals surface area contributed by atoms with E-state index in [1.807, 2.05) is 25.1 Å². The fourth-order valence-corrected chi connectivity index (χ4v) is 2.97. The maximum Gasteiger partial charge on any atom is 0.146 e. The number of hydrogen-bond donors (Lipinski definition) is 0. The Morgan fingerprint density at radius 2 is 1.84 bits per heavy atom. The van der Waals surface area contributed by atoms with Crippen molar-refractivity contribution in [3.8, 4) is 0 Å². The maximum absolute atomic E-state index is 14.0. The SMILES string of the molecule is Cc1cc(Cl)c(F)c2c1CN(Cc1ccccc1)C2. The van der Waals surface area contributed by atoms with E-state index in [4.69, 9.17) is 11.6 Å². The first-order valence-electron chi connectivity index (χ1n) is 6.38. The number of fused-ring (bicyclic) bond motifs is 1. The van der Waals surface area contributed by atoms with Crippen LogP contribution in [0.1, 0.15) is 22.3 Å². The van der Waals surface area contributed by atoms with Gasteiger partial charge < -0.3 is 0 Å². The smallest absolute Gasteiger partial charge is 0.146 e. The molecule has 19 heavy (non-hydrogen) atoms. The number of hydrogen-bond acceptors (Lipinski definition) is 1. The van der Waals surface area contributed by atoms with E-state index >= 15 is 0 Å². The van der Waals surface area contributed by atoms with Crippen LogP contribution in [0.4, 0.5) is 4.39 Å². The Bertz CT molecular complexity index is 610. The van der Waals surface area contributed by atoms with Gasteiger partial charge in [-0.2, -0.15) is 0 Å². The molecule has 0 radical (unpaired) electrons. The zero-order valence-corrected chi connectivity index (χ0v) is 11.5.